The van der Waals surface area contributed by atoms with E-state index in [-0.39, 0.29) is 16.4 Å². The number of allylic oxidation sites excluding steroid dienone is 4. The molecule has 0 atom stereocenters. The fourth-order valence-electron chi connectivity index (χ4n) is 3.64. The highest BCUT2D eigenvalue weighted by molar-refractivity contribution is 5.78. The number of fused-ring (bicyclic) bond motifs is 1. The molecule has 0 amide bonds. The van der Waals surface area contributed by atoms with Gasteiger partial charge in [-0.05, 0) is 50.5 Å². The highest BCUT2D eigenvalue weighted by Gasteiger charge is 2.10. The third kappa shape index (κ3) is 7.01. The van der Waals surface area contributed by atoms with E-state index in [4.69, 9.17) is 9.15 Å². The van der Waals surface area contributed by atoms with E-state index in [2.05, 4.69) is 31.9 Å². The smallest absolute Gasteiger partial charge is 0.203 e. The lowest BCUT2D eigenvalue weighted by Gasteiger charge is -2.25. The molecule has 0 spiro atoms. The van der Waals surface area contributed by atoms with Crippen molar-refractivity contribution in [1.29, 1.82) is 0 Å². The van der Waals surface area contributed by atoms with Crippen molar-refractivity contribution in [3.05, 3.63) is 87.8 Å². The van der Waals surface area contributed by atoms with Gasteiger partial charge in [-0.2, -0.15) is 0 Å². The molecular weight excluding hydrogens is 426 g/mol. The Morgan fingerprint density at radius 1 is 1.24 bits per heavy atom. The van der Waals surface area contributed by atoms with Gasteiger partial charge in [0.2, 0.25) is 5.43 Å². The van der Waals surface area contributed by atoms with Crippen LogP contribution >= 0.6 is 0 Å². The van der Waals surface area contributed by atoms with Crippen molar-refractivity contribution >= 4 is 22.8 Å². The molecule has 182 valence electrons. The Kier molecular flexibility index (Phi) is 10.5. The molecule has 0 saturated heterocycles. The molecule has 0 aliphatic heterocycles. The molecule has 5 nitrogen and oxygen atoms in total. The summed E-state index contributed by atoms with van der Waals surface area (Å²) in [5.41, 5.74) is 2.35. The minimum absolute atomic E-state index is 0.0726. The highest BCUT2D eigenvalue weighted by Crippen LogP contribution is 2.18. The second-order valence-corrected chi connectivity index (χ2v) is 8.14. The fourth-order valence-corrected chi connectivity index (χ4v) is 3.64. The minimum atomic E-state index is -0.275. The van der Waals surface area contributed by atoms with Crippen LogP contribution in [0.15, 0.2) is 76.1 Å². The Balaban J connectivity index is 2.48. The van der Waals surface area contributed by atoms with Gasteiger partial charge in [-0.25, -0.2) is 0 Å². The largest absolute Gasteiger partial charge is 0.512 e. The van der Waals surface area contributed by atoms with Gasteiger partial charge in [0.05, 0.1) is 5.39 Å². The second kappa shape index (κ2) is 13.3. The van der Waals surface area contributed by atoms with E-state index in [9.17, 15) is 9.90 Å². The molecule has 0 radical (unpaired) electrons. The molecule has 0 aliphatic rings. The predicted molar refractivity (Wildman–Crippen MR) is 142 cm³/mol. The molecule has 0 unspecified atom stereocenters. The van der Waals surface area contributed by atoms with E-state index in [1.165, 1.54) is 6.92 Å². The van der Waals surface area contributed by atoms with Crippen LogP contribution in [0.5, 0.6) is 5.75 Å². The molecule has 0 bridgehead atoms. The first-order valence-electron chi connectivity index (χ1n) is 11.8. The van der Waals surface area contributed by atoms with Crippen LogP contribution < -0.4 is 20.8 Å². The molecule has 34 heavy (non-hydrogen) atoms. The van der Waals surface area contributed by atoms with Crippen molar-refractivity contribution in [3.63, 3.8) is 0 Å². The first kappa shape index (κ1) is 26.8. The number of hydrogen-bond donors (Lipinski definition) is 1. The summed E-state index contributed by atoms with van der Waals surface area (Å²) in [6.07, 6.45) is 11.9. The second-order valence-electron chi connectivity index (χ2n) is 8.14. The SMILES string of the molecule is C=C/C(=C\C=C/C)COc1ccc2c(=O)c(=C(/C)O)/c(=C\CC(=C)N(CCC)CCC)oc2c1. The molecule has 0 fully saturated rings. The van der Waals surface area contributed by atoms with Crippen molar-refractivity contribution in [1.82, 2.24) is 4.90 Å². The Bertz CT molecular complexity index is 1240. The average Bonchev–Trinajstić information content (AvgIpc) is 2.82. The zero-order chi connectivity index (χ0) is 25.1. The fraction of sp³-hybridized carbons (Fsp3) is 0.345. The van der Waals surface area contributed by atoms with Crippen molar-refractivity contribution in [2.75, 3.05) is 19.7 Å². The summed E-state index contributed by atoms with van der Waals surface area (Å²) in [6.45, 7) is 17.9. The van der Waals surface area contributed by atoms with Gasteiger partial charge < -0.3 is 19.2 Å². The number of ether oxygens (including phenoxy) is 1. The van der Waals surface area contributed by atoms with Crippen molar-refractivity contribution in [2.45, 2.75) is 47.0 Å². The first-order chi connectivity index (χ1) is 16.4. The van der Waals surface area contributed by atoms with Crippen molar-refractivity contribution in [2.24, 2.45) is 0 Å². The summed E-state index contributed by atoms with van der Waals surface area (Å²) in [7, 11) is 0. The Morgan fingerprint density at radius 3 is 2.53 bits per heavy atom. The maximum atomic E-state index is 13.2. The quantitative estimate of drug-likeness (QED) is 0.430. The molecule has 2 rings (SSSR count). The van der Waals surface area contributed by atoms with E-state index < -0.39 is 0 Å². The Hall–Kier alpha value is -3.47. The third-order valence-electron chi connectivity index (χ3n) is 5.38. The lowest BCUT2D eigenvalue weighted by atomic mass is 10.1. The number of hydrogen-bond acceptors (Lipinski definition) is 5. The zero-order valence-electron chi connectivity index (χ0n) is 20.9. The van der Waals surface area contributed by atoms with E-state index in [0.717, 1.165) is 37.2 Å². The minimum Gasteiger partial charge on any atom is -0.512 e. The maximum absolute atomic E-state index is 13.2. The molecule has 1 N–H and O–H groups in total. The number of benzene rings is 1. The molecule has 0 saturated carbocycles. The molecule has 1 aromatic carbocycles. The van der Waals surface area contributed by atoms with Crippen LogP contribution in [-0.2, 0) is 0 Å². The summed E-state index contributed by atoms with van der Waals surface area (Å²) < 4.78 is 12.0. The van der Waals surface area contributed by atoms with Crippen molar-refractivity contribution in [3.8, 4) is 5.75 Å². The lowest BCUT2D eigenvalue weighted by Crippen LogP contribution is -2.40. The number of nitrogens with zero attached hydrogens (tertiary/aromatic N) is 1. The van der Waals surface area contributed by atoms with Crippen LogP contribution in [0.3, 0.4) is 0 Å². The van der Waals surface area contributed by atoms with Gasteiger partial charge in [0, 0.05) is 31.3 Å². The van der Waals surface area contributed by atoms with Crippen LogP contribution in [0.2, 0.25) is 0 Å². The molecule has 1 aromatic heterocycles. The van der Waals surface area contributed by atoms with Gasteiger partial charge in [-0.3, -0.25) is 4.79 Å². The van der Waals surface area contributed by atoms with E-state index >= 15 is 0 Å². The van der Waals surface area contributed by atoms with Gasteiger partial charge in [-0.15, -0.1) is 0 Å². The number of rotatable bonds is 12. The van der Waals surface area contributed by atoms with Crippen LogP contribution in [0.4, 0.5) is 0 Å². The summed E-state index contributed by atoms with van der Waals surface area (Å²) >= 11 is 0. The van der Waals surface area contributed by atoms with Crippen LogP contribution in [0.1, 0.15) is 47.0 Å². The lowest BCUT2D eigenvalue weighted by molar-refractivity contribution is 0.341. The zero-order valence-corrected chi connectivity index (χ0v) is 20.9. The molecule has 1 heterocycles. The van der Waals surface area contributed by atoms with Crippen LogP contribution in [0.25, 0.3) is 22.8 Å². The average molecular weight is 464 g/mol. The number of aliphatic hydroxyl groups excluding tert-OH is 1. The van der Waals surface area contributed by atoms with Gasteiger partial charge in [0.25, 0.3) is 0 Å². The molecule has 2 aromatic rings. The molecular formula is C29H37NO4. The van der Waals surface area contributed by atoms with E-state index in [1.54, 1.807) is 24.3 Å². The summed E-state index contributed by atoms with van der Waals surface area (Å²) in [6, 6.07) is 5.10. The predicted octanol–water partition coefficient (Wildman–Crippen LogP) is 5.35. The van der Waals surface area contributed by atoms with Crippen molar-refractivity contribution < 1.29 is 14.3 Å². The van der Waals surface area contributed by atoms with Gasteiger partial charge >= 0.3 is 0 Å². The standard InChI is InChI=1S/C29H37NO4/c1-7-11-12-23(10-4)20-33-24-14-15-25-27(19-24)34-26(28(22(6)31)29(25)32)16-13-21(5)30(17-8-2)18-9-3/h7,10-12,14-16,19,31H,4-5,8-9,13,17-18,20H2,1-3,6H3/b11-7-,23-12+,26-16+,28-22-. The van der Waals surface area contributed by atoms with Gasteiger partial charge in [0.15, 0.2) is 0 Å². The monoisotopic (exact) mass is 463 g/mol. The molecule has 5 heteroatoms. The van der Waals surface area contributed by atoms with Crippen LogP contribution in [-0.4, -0.2) is 29.7 Å². The number of aliphatic hydroxyl groups is 1. The Morgan fingerprint density at radius 2 is 1.94 bits per heavy atom. The first-order valence-corrected chi connectivity index (χ1v) is 11.8. The highest BCUT2D eigenvalue weighted by atomic mass is 16.5. The van der Waals surface area contributed by atoms with Gasteiger partial charge in [0.1, 0.15) is 34.3 Å². The van der Waals surface area contributed by atoms with Gasteiger partial charge in [-0.1, -0.05) is 51.3 Å². The summed E-state index contributed by atoms with van der Waals surface area (Å²) in [5, 5.41) is 10.8. The summed E-state index contributed by atoms with van der Waals surface area (Å²) in [5.74, 6) is 0.505. The normalized spacial score (nSPS) is 13.4. The maximum Gasteiger partial charge on any atom is 0.203 e. The van der Waals surface area contributed by atoms with Crippen LogP contribution in [0, 0.1) is 0 Å². The third-order valence-corrected chi connectivity index (χ3v) is 5.38. The van der Waals surface area contributed by atoms with E-state index in [0.29, 0.717) is 35.2 Å². The summed E-state index contributed by atoms with van der Waals surface area (Å²) in [4.78, 5) is 15.4. The van der Waals surface area contributed by atoms with E-state index in [1.807, 2.05) is 31.2 Å². The topological polar surface area (TPSA) is 62.9 Å². The Labute approximate surface area is 202 Å². The molecule has 0 aliphatic carbocycles.